The van der Waals surface area contributed by atoms with E-state index in [2.05, 4.69) is 34.9 Å². The molecular weight excluding hydrogens is 448 g/mol. The van der Waals surface area contributed by atoms with E-state index in [1.807, 2.05) is 33.7 Å². The second-order valence-corrected chi connectivity index (χ2v) is 8.66. The lowest BCUT2D eigenvalue weighted by atomic mass is 10.0. The Morgan fingerprint density at radius 3 is 2.57 bits per heavy atom. The van der Waals surface area contributed by atoms with Crippen LogP contribution in [0, 0.1) is 10.1 Å². The molecule has 0 radical (unpaired) electrons. The van der Waals surface area contributed by atoms with E-state index in [4.69, 9.17) is 0 Å². The van der Waals surface area contributed by atoms with Crippen LogP contribution in [0.1, 0.15) is 28.9 Å². The fraction of sp³-hybridized carbons (Fsp3) is 0.318. The number of carbonyl (C=O) groups is 1. The topological polar surface area (TPSA) is 71.1 Å². The number of piperidine rings is 1. The first kappa shape index (κ1) is 20.6. The molecule has 7 nitrogen and oxygen atoms in total. The molecule has 0 amide bonds. The molecule has 1 fully saturated rings. The summed E-state index contributed by atoms with van der Waals surface area (Å²) in [5.74, 6) is -0.160. The Kier molecular flexibility index (Phi) is 5.62. The van der Waals surface area contributed by atoms with Crippen LogP contribution in [0.4, 0.5) is 11.4 Å². The smallest absolute Gasteiger partial charge is 0.292 e. The number of rotatable bonds is 5. The first-order valence-electron chi connectivity index (χ1n) is 9.87. The highest BCUT2D eigenvalue weighted by atomic mass is 79.9. The number of anilines is 1. The van der Waals surface area contributed by atoms with Gasteiger partial charge in [0.2, 0.25) is 5.78 Å². The van der Waals surface area contributed by atoms with E-state index < -0.39 is 0 Å². The van der Waals surface area contributed by atoms with Crippen molar-refractivity contribution in [1.29, 1.82) is 0 Å². The zero-order valence-electron chi connectivity index (χ0n) is 16.9. The number of benzene rings is 1. The number of nitro benzene ring substituents is 1. The predicted molar refractivity (Wildman–Crippen MR) is 121 cm³/mol. The third-order valence-electron chi connectivity index (χ3n) is 5.84. The van der Waals surface area contributed by atoms with Gasteiger partial charge in [0.1, 0.15) is 5.69 Å². The highest BCUT2D eigenvalue weighted by molar-refractivity contribution is 9.10. The number of ketones is 1. The van der Waals surface area contributed by atoms with Crippen LogP contribution in [0.2, 0.25) is 0 Å². The standard InChI is InChI=1S/C22H23BrN4O3/c1-24(2)16-9-12-25(13-10-16)21-14-15(5-6-19(21)27(29)30)22(28)20-8-7-18-17(23)4-3-11-26(18)20/h3-8,11,14,16H,9-10,12-13H2,1-2H3. The van der Waals surface area contributed by atoms with Gasteiger partial charge >= 0.3 is 0 Å². The lowest BCUT2D eigenvalue weighted by molar-refractivity contribution is -0.384. The maximum atomic E-state index is 13.3. The van der Waals surface area contributed by atoms with Gasteiger partial charge in [-0.1, -0.05) is 0 Å². The number of hydrogen-bond donors (Lipinski definition) is 0. The Bertz CT molecular complexity index is 1120. The van der Waals surface area contributed by atoms with Gasteiger partial charge in [0.15, 0.2) is 0 Å². The SMILES string of the molecule is CN(C)C1CCN(c2cc(C(=O)c3ccc4c(Br)cccn34)ccc2[N+](=O)[O-])CC1. The van der Waals surface area contributed by atoms with Gasteiger partial charge in [-0.05, 0) is 79.3 Å². The lowest BCUT2D eigenvalue weighted by Crippen LogP contribution is -2.42. The van der Waals surface area contributed by atoms with Crippen LogP contribution in [-0.2, 0) is 0 Å². The number of aromatic nitrogens is 1. The average molecular weight is 471 g/mol. The quantitative estimate of drug-likeness (QED) is 0.314. The van der Waals surface area contributed by atoms with Gasteiger partial charge in [-0.15, -0.1) is 0 Å². The molecule has 1 aliphatic rings. The summed E-state index contributed by atoms with van der Waals surface area (Å²) in [6.45, 7) is 1.45. The van der Waals surface area contributed by atoms with Crippen molar-refractivity contribution in [3.63, 3.8) is 0 Å². The van der Waals surface area contributed by atoms with E-state index in [0.29, 0.717) is 23.0 Å². The fourth-order valence-corrected chi connectivity index (χ4v) is 4.61. The van der Waals surface area contributed by atoms with Gasteiger partial charge in [-0.3, -0.25) is 14.9 Å². The van der Waals surface area contributed by atoms with E-state index >= 15 is 0 Å². The largest absolute Gasteiger partial charge is 0.366 e. The summed E-state index contributed by atoms with van der Waals surface area (Å²) in [6.07, 6.45) is 3.70. The van der Waals surface area contributed by atoms with Crippen molar-refractivity contribution < 1.29 is 9.72 Å². The van der Waals surface area contributed by atoms with E-state index in [-0.39, 0.29) is 16.4 Å². The monoisotopic (exact) mass is 470 g/mol. The Morgan fingerprint density at radius 2 is 1.90 bits per heavy atom. The number of carbonyl (C=O) groups excluding carboxylic acids is 1. The summed E-state index contributed by atoms with van der Waals surface area (Å²) in [7, 11) is 4.12. The Labute approximate surface area is 183 Å². The van der Waals surface area contributed by atoms with Crippen molar-refractivity contribution in [3.8, 4) is 0 Å². The van der Waals surface area contributed by atoms with Crippen LogP contribution >= 0.6 is 15.9 Å². The number of fused-ring (bicyclic) bond motifs is 1. The van der Waals surface area contributed by atoms with E-state index in [1.54, 1.807) is 18.2 Å². The van der Waals surface area contributed by atoms with Crippen molar-refractivity contribution in [3.05, 3.63) is 74.5 Å². The average Bonchev–Trinajstić information content (AvgIpc) is 3.18. The van der Waals surface area contributed by atoms with Gasteiger partial charge in [0.25, 0.3) is 5.69 Å². The summed E-state index contributed by atoms with van der Waals surface area (Å²) in [5.41, 5.74) is 2.43. The van der Waals surface area contributed by atoms with Gasteiger partial charge < -0.3 is 14.2 Å². The van der Waals surface area contributed by atoms with Crippen molar-refractivity contribution in [2.45, 2.75) is 18.9 Å². The summed E-state index contributed by atoms with van der Waals surface area (Å²) < 4.78 is 2.73. The molecule has 2 aromatic heterocycles. The molecule has 0 spiro atoms. The maximum Gasteiger partial charge on any atom is 0.292 e. The molecule has 1 aliphatic heterocycles. The number of nitro groups is 1. The molecule has 0 atom stereocenters. The normalized spacial score (nSPS) is 15.1. The highest BCUT2D eigenvalue weighted by Gasteiger charge is 2.27. The van der Waals surface area contributed by atoms with Crippen molar-refractivity contribution >= 4 is 38.6 Å². The minimum atomic E-state index is -0.370. The predicted octanol–water partition coefficient (Wildman–Crippen LogP) is 4.37. The molecule has 0 aliphatic carbocycles. The van der Waals surface area contributed by atoms with Crippen LogP contribution in [0.25, 0.3) is 5.52 Å². The molecule has 3 aromatic rings. The molecular formula is C22H23BrN4O3. The minimum Gasteiger partial charge on any atom is -0.366 e. The van der Waals surface area contributed by atoms with E-state index in [0.717, 1.165) is 35.9 Å². The van der Waals surface area contributed by atoms with Crippen molar-refractivity contribution in [2.75, 3.05) is 32.1 Å². The molecule has 156 valence electrons. The number of halogens is 1. The van der Waals surface area contributed by atoms with Gasteiger partial charge in [-0.2, -0.15) is 0 Å². The summed E-state index contributed by atoms with van der Waals surface area (Å²) >= 11 is 3.50. The van der Waals surface area contributed by atoms with E-state index in [9.17, 15) is 14.9 Å². The summed E-state index contributed by atoms with van der Waals surface area (Å²) in [5, 5.41) is 11.6. The Hall–Kier alpha value is -2.71. The third kappa shape index (κ3) is 3.73. The molecule has 1 aromatic carbocycles. The van der Waals surface area contributed by atoms with Crippen molar-refractivity contribution in [1.82, 2.24) is 9.30 Å². The molecule has 3 heterocycles. The molecule has 1 saturated heterocycles. The number of hydrogen-bond acceptors (Lipinski definition) is 5. The van der Waals surface area contributed by atoms with E-state index in [1.165, 1.54) is 6.07 Å². The minimum absolute atomic E-state index is 0.0395. The van der Waals surface area contributed by atoms with Crippen LogP contribution in [-0.4, -0.2) is 53.2 Å². The summed E-state index contributed by atoms with van der Waals surface area (Å²) in [6, 6.07) is 12.6. The van der Waals surface area contributed by atoms with Crippen LogP contribution in [0.3, 0.4) is 0 Å². The van der Waals surface area contributed by atoms with Crippen LogP contribution in [0.5, 0.6) is 0 Å². The number of nitrogens with zero attached hydrogens (tertiary/aromatic N) is 4. The second kappa shape index (κ2) is 8.20. The van der Waals surface area contributed by atoms with Gasteiger partial charge in [0, 0.05) is 41.4 Å². The first-order chi connectivity index (χ1) is 14.4. The molecule has 30 heavy (non-hydrogen) atoms. The zero-order valence-corrected chi connectivity index (χ0v) is 18.5. The zero-order chi connectivity index (χ0) is 21.4. The molecule has 0 N–H and O–H groups in total. The van der Waals surface area contributed by atoms with Gasteiger partial charge in [0.05, 0.1) is 16.1 Å². The second-order valence-electron chi connectivity index (χ2n) is 7.80. The summed E-state index contributed by atoms with van der Waals surface area (Å²) in [4.78, 5) is 28.8. The molecule has 0 bridgehead atoms. The Balaban J connectivity index is 1.69. The van der Waals surface area contributed by atoms with Crippen LogP contribution in [0.15, 0.2) is 53.1 Å². The van der Waals surface area contributed by atoms with Crippen molar-refractivity contribution in [2.24, 2.45) is 0 Å². The Morgan fingerprint density at radius 1 is 1.17 bits per heavy atom. The molecule has 0 unspecified atom stereocenters. The fourth-order valence-electron chi connectivity index (χ4n) is 4.13. The molecule has 8 heteroatoms. The first-order valence-corrected chi connectivity index (χ1v) is 10.7. The molecule has 0 saturated carbocycles. The third-order valence-corrected chi connectivity index (χ3v) is 6.51. The van der Waals surface area contributed by atoms with Gasteiger partial charge in [-0.25, -0.2) is 0 Å². The number of pyridine rings is 1. The maximum absolute atomic E-state index is 13.3. The van der Waals surface area contributed by atoms with Crippen LogP contribution < -0.4 is 4.90 Å². The highest BCUT2D eigenvalue weighted by Crippen LogP contribution is 2.33. The lowest BCUT2D eigenvalue weighted by Gasteiger charge is -2.36. The molecule has 4 rings (SSSR count).